The van der Waals surface area contributed by atoms with Crippen molar-refractivity contribution in [1.82, 2.24) is 24.5 Å². The molecule has 0 fully saturated rings. The predicted octanol–water partition coefficient (Wildman–Crippen LogP) is 3.78. The van der Waals surface area contributed by atoms with Crippen LogP contribution < -0.4 is 5.32 Å². The van der Waals surface area contributed by atoms with E-state index in [0.29, 0.717) is 39.5 Å². The van der Waals surface area contributed by atoms with E-state index in [2.05, 4.69) is 25.3 Å². The van der Waals surface area contributed by atoms with Crippen LogP contribution in [0, 0.1) is 0 Å². The lowest BCUT2D eigenvalue weighted by molar-refractivity contribution is 0.102. The second-order valence-corrected chi connectivity index (χ2v) is 6.47. The van der Waals surface area contributed by atoms with Crippen molar-refractivity contribution in [3.05, 3.63) is 76.6 Å². The smallest absolute Gasteiger partial charge is 0.256 e. The van der Waals surface area contributed by atoms with E-state index >= 15 is 0 Å². The Morgan fingerprint density at radius 2 is 1.78 bits per heavy atom. The normalized spacial score (nSPS) is 10.9. The highest BCUT2D eigenvalue weighted by molar-refractivity contribution is 6.36. The molecule has 1 N–H and O–H groups in total. The van der Waals surface area contributed by atoms with Gasteiger partial charge in [0, 0.05) is 33.6 Å². The number of hydrogen-bond acceptors (Lipinski definition) is 5. The van der Waals surface area contributed by atoms with Crippen LogP contribution in [-0.2, 0) is 6.54 Å². The number of benzene rings is 1. The number of carbonyl (C=O) groups excluding carboxylic acids is 1. The first kappa shape index (κ1) is 17.4. The van der Waals surface area contributed by atoms with Crippen LogP contribution in [0.5, 0.6) is 0 Å². The first-order valence-electron chi connectivity index (χ1n) is 7.93. The van der Waals surface area contributed by atoms with Crippen LogP contribution in [0.3, 0.4) is 0 Å². The molecule has 0 bridgehead atoms. The maximum Gasteiger partial charge on any atom is 0.256 e. The first-order valence-corrected chi connectivity index (χ1v) is 8.69. The number of nitrogens with zero attached hydrogens (tertiary/aromatic N) is 5. The van der Waals surface area contributed by atoms with Gasteiger partial charge in [-0.25, -0.2) is 15.0 Å². The molecule has 3 heterocycles. The molecule has 1 aromatic heterocycles. The van der Waals surface area contributed by atoms with Crippen molar-refractivity contribution in [1.29, 1.82) is 0 Å². The molecule has 9 heteroatoms. The Kier molecular flexibility index (Phi) is 4.70. The molecule has 0 unspecified atom stereocenters. The molecule has 2 aliphatic rings. The van der Waals surface area contributed by atoms with E-state index in [1.165, 1.54) is 6.33 Å². The molecule has 0 aliphatic carbocycles. The molecular formula is C18H12Cl2N6O. The number of fused-ring (bicyclic) bond motifs is 1. The van der Waals surface area contributed by atoms with E-state index in [4.69, 9.17) is 23.2 Å². The van der Waals surface area contributed by atoms with Crippen molar-refractivity contribution in [2.75, 3.05) is 5.32 Å². The molecule has 2 aliphatic heterocycles. The average Bonchev–Trinajstić information content (AvgIpc) is 3.17. The number of anilines is 1. The fourth-order valence-electron chi connectivity index (χ4n) is 2.62. The Labute approximate surface area is 164 Å². The minimum absolute atomic E-state index is 0.305. The van der Waals surface area contributed by atoms with Crippen LogP contribution in [0.2, 0.25) is 10.0 Å². The molecule has 0 saturated heterocycles. The van der Waals surface area contributed by atoms with E-state index in [-0.39, 0.29) is 5.91 Å². The Balaban J connectivity index is 1.66. The zero-order chi connectivity index (χ0) is 18.8. The van der Waals surface area contributed by atoms with E-state index in [1.807, 2.05) is 0 Å². The molecule has 4 rings (SSSR count). The maximum absolute atomic E-state index is 12.4. The van der Waals surface area contributed by atoms with Gasteiger partial charge in [0.1, 0.15) is 6.33 Å². The summed E-state index contributed by atoms with van der Waals surface area (Å²) >= 11 is 12.5. The molecule has 134 valence electrons. The molecule has 0 radical (unpaired) electrons. The Bertz CT molecular complexity index is 1060. The number of nitrogens with one attached hydrogen (secondary N) is 1. The van der Waals surface area contributed by atoms with Gasteiger partial charge in [0.05, 0.1) is 12.9 Å². The van der Waals surface area contributed by atoms with Gasteiger partial charge in [0.25, 0.3) is 5.91 Å². The number of aromatic nitrogens is 5. The Morgan fingerprint density at radius 1 is 1.04 bits per heavy atom. The fourth-order valence-corrected chi connectivity index (χ4v) is 3.14. The van der Waals surface area contributed by atoms with Crippen LogP contribution in [0.15, 0.2) is 55.4 Å². The highest BCUT2D eigenvalue weighted by Crippen LogP contribution is 2.29. The second-order valence-electron chi connectivity index (χ2n) is 5.66. The third kappa shape index (κ3) is 3.47. The van der Waals surface area contributed by atoms with Gasteiger partial charge in [-0.1, -0.05) is 29.3 Å². The van der Waals surface area contributed by atoms with Gasteiger partial charge in [-0.2, -0.15) is 0 Å². The lowest BCUT2D eigenvalue weighted by atomic mass is 10.2. The molecule has 27 heavy (non-hydrogen) atoms. The summed E-state index contributed by atoms with van der Waals surface area (Å²) in [5.74, 6) is 0.581. The lowest BCUT2D eigenvalue weighted by Gasteiger charge is -2.15. The van der Waals surface area contributed by atoms with Crippen molar-refractivity contribution in [3.8, 4) is 11.5 Å². The summed E-state index contributed by atoms with van der Waals surface area (Å²) in [6.07, 6.45) is 6.08. The lowest BCUT2D eigenvalue weighted by Crippen LogP contribution is -2.16. The minimum Gasteiger partial charge on any atom is -0.310 e. The van der Waals surface area contributed by atoms with E-state index in [9.17, 15) is 4.79 Å². The third-order valence-corrected chi connectivity index (χ3v) is 4.67. The number of rotatable bonds is 4. The average molecular weight is 399 g/mol. The molecule has 0 atom stereocenters. The molecule has 1 aromatic carbocycles. The summed E-state index contributed by atoms with van der Waals surface area (Å²) in [6, 6.07) is 8.56. The van der Waals surface area contributed by atoms with E-state index in [1.54, 1.807) is 53.6 Å². The van der Waals surface area contributed by atoms with Crippen LogP contribution in [0.25, 0.3) is 11.5 Å². The Morgan fingerprint density at radius 3 is 2.52 bits per heavy atom. The van der Waals surface area contributed by atoms with Gasteiger partial charge >= 0.3 is 0 Å². The van der Waals surface area contributed by atoms with Gasteiger partial charge in [-0.05, 0) is 24.3 Å². The molecule has 0 saturated carbocycles. The van der Waals surface area contributed by atoms with Crippen LogP contribution in [0.1, 0.15) is 15.9 Å². The van der Waals surface area contributed by atoms with Crippen molar-refractivity contribution in [3.63, 3.8) is 0 Å². The summed E-state index contributed by atoms with van der Waals surface area (Å²) < 4.78 is 1.78. The van der Waals surface area contributed by atoms with Crippen molar-refractivity contribution < 1.29 is 4.79 Å². The molecule has 2 aromatic rings. The summed E-state index contributed by atoms with van der Waals surface area (Å²) in [7, 11) is 0. The second kappa shape index (κ2) is 7.30. The fraction of sp³-hybridized carbons (Fsp3) is 0.0556. The first-order chi connectivity index (χ1) is 13.1. The van der Waals surface area contributed by atoms with Crippen molar-refractivity contribution in [2.45, 2.75) is 6.54 Å². The van der Waals surface area contributed by atoms with E-state index < -0.39 is 0 Å². The highest BCUT2D eigenvalue weighted by Gasteiger charge is 2.20. The summed E-state index contributed by atoms with van der Waals surface area (Å²) in [5.41, 5.74) is 1.70. The van der Waals surface area contributed by atoms with Gasteiger partial charge in [0.2, 0.25) is 0 Å². The summed E-state index contributed by atoms with van der Waals surface area (Å²) in [4.78, 5) is 29.1. The number of imidazole rings is 1. The monoisotopic (exact) mass is 398 g/mol. The zero-order valence-electron chi connectivity index (χ0n) is 13.8. The zero-order valence-corrected chi connectivity index (χ0v) is 15.3. The molecular weight excluding hydrogens is 387 g/mol. The quantitative estimate of drug-likeness (QED) is 0.565. The van der Waals surface area contributed by atoms with Crippen molar-refractivity contribution >= 4 is 34.9 Å². The predicted molar refractivity (Wildman–Crippen MR) is 102 cm³/mol. The topological polar surface area (TPSA) is 85.6 Å². The van der Waals surface area contributed by atoms with Crippen LogP contribution >= 0.6 is 23.2 Å². The highest BCUT2D eigenvalue weighted by atomic mass is 35.5. The molecule has 0 spiro atoms. The minimum atomic E-state index is -0.305. The number of pyridine rings is 1. The van der Waals surface area contributed by atoms with Gasteiger partial charge in [0.15, 0.2) is 17.3 Å². The summed E-state index contributed by atoms with van der Waals surface area (Å²) in [5, 5.41) is 3.86. The van der Waals surface area contributed by atoms with Crippen LogP contribution in [-0.4, -0.2) is 30.4 Å². The van der Waals surface area contributed by atoms with Gasteiger partial charge < -0.3 is 9.88 Å². The van der Waals surface area contributed by atoms with Crippen molar-refractivity contribution in [2.24, 2.45) is 0 Å². The SMILES string of the molecule is O=C(Nc1ncn(Cc2c(Cl)cccc2Cl)c2ncnc1-2)c1ccncc1. The van der Waals surface area contributed by atoms with E-state index in [0.717, 1.165) is 5.56 Å². The molecule has 1 amide bonds. The number of hydrogen-bond donors (Lipinski definition) is 1. The standard InChI is InChI=1S/C18H12Cl2N6O/c19-13-2-1-3-14(20)12(13)8-26-10-24-16(15-17(26)23-9-22-15)25-18(27)11-4-6-21-7-5-11/h1-7,9-10H,8H2,(H,25,27). The van der Waals surface area contributed by atoms with Gasteiger partial charge in [-0.15, -0.1) is 0 Å². The number of halogens is 2. The Hall–Kier alpha value is -3.03. The largest absolute Gasteiger partial charge is 0.310 e. The maximum atomic E-state index is 12.4. The number of carbonyl (C=O) groups is 1. The van der Waals surface area contributed by atoms with Crippen LogP contribution in [0.4, 0.5) is 5.82 Å². The summed E-state index contributed by atoms with van der Waals surface area (Å²) in [6.45, 7) is 0.374. The van der Waals surface area contributed by atoms with Gasteiger partial charge in [-0.3, -0.25) is 9.78 Å². The third-order valence-electron chi connectivity index (χ3n) is 3.97. The number of amides is 1. The molecule has 7 nitrogen and oxygen atoms in total.